The molecule has 1 heterocycles. The second-order valence-electron chi connectivity index (χ2n) is 7.91. The summed E-state index contributed by atoms with van der Waals surface area (Å²) in [7, 11) is 3.50. The number of ether oxygens (including phenoxy) is 2. The predicted octanol–water partition coefficient (Wildman–Crippen LogP) is 2.88. The number of benzene rings is 1. The lowest BCUT2D eigenvalue weighted by atomic mass is 10.2. The van der Waals surface area contributed by atoms with Crippen LogP contribution in [0.4, 0.5) is 5.69 Å². The molecule has 0 saturated heterocycles. The molecule has 2 amide bonds. The molecular weight excluding hydrogens is 452 g/mol. The van der Waals surface area contributed by atoms with Gasteiger partial charge in [-0.25, -0.2) is 0 Å². The fourth-order valence-electron chi connectivity index (χ4n) is 3.36. The van der Waals surface area contributed by atoms with Gasteiger partial charge in [-0.15, -0.1) is 0 Å². The molecule has 1 aromatic carbocycles. The molecule has 0 aliphatic rings. The van der Waals surface area contributed by atoms with Crippen molar-refractivity contribution < 1.29 is 24.0 Å². The largest absolute Gasteiger partial charge is 0.383 e. The Balaban J connectivity index is 2.12. The van der Waals surface area contributed by atoms with Crippen LogP contribution in [0.5, 0.6) is 0 Å². The van der Waals surface area contributed by atoms with Crippen molar-refractivity contribution >= 4 is 23.6 Å². The van der Waals surface area contributed by atoms with Crippen LogP contribution in [0.1, 0.15) is 24.6 Å². The maximum absolute atomic E-state index is 13.2. The average Bonchev–Trinajstić information content (AvgIpc) is 3.26. The van der Waals surface area contributed by atoms with Crippen molar-refractivity contribution in [3.63, 3.8) is 0 Å². The van der Waals surface area contributed by atoms with Crippen molar-refractivity contribution in [2.24, 2.45) is 7.05 Å². The lowest BCUT2D eigenvalue weighted by Gasteiger charge is -2.27. The molecule has 0 saturated carbocycles. The average molecular weight is 487 g/mol. The molecule has 10 heteroatoms. The zero-order chi connectivity index (χ0) is 25.6. The number of nitro benzene ring substituents is 1. The topological polar surface area (TPSA) is 107 Å². The molecular formula is C25H34N4O6. The maximum atomic E-state index is 13.2. The summed E-state index contributed by atoms with van der Waals surface area (Å²) in [5.74, 6) is -0.504. The zero-order valence-electron chi connectivity index (χ0n) is 20.6. The van der Waals surface area contributed by atoms with Crippen LogP contribution in [0, 0.1) is 10.1 Å². The lowest BCUT2D eigenvalue weighted by Crippen LogP contribution is -2.44. The number of aryl methyl sites for hydroxylation is 1. The third kappa shape index (κ3) is 9.34. The number of carbonyl (C=O) groups is 2. The second-order valence-corrected chi connectivity index (χ2v) is 7.91. The molecule has 0 radical (unpaired) electrons. The van der Waals surface area contributed by atoms with Gasteiger partial charge in [0.05, 0.1) is 18.1 Å². The van der Waals surface area contributed by atoms with E-state index in [4.69, 9.17) is 9.47 Å². The smallest absolute Gasteiger partial charge is 0.269 e. The Kier molecular flexibility index (Phi) is 11.6. The summed E-state index contributed by atoms with van der Waals surface area (Å²) in [5.41, 5.74) is 1.60. The minimum Gasteiger partial charge on any atom is -0.383 e. The maximum Gasteiger partial charge on any atom is 0.269 e. The third-order valence-electron chi connectivity index (χ3n) is 5.40. The SMILES string of the molecule is CCOCCCN(CC(=O)N(CCOC)Cc1cccn1C)C(=O)/C=C/c1ccc([N+](=O)[O-])cc1. The molecule has 1 aromatic heterocycles. The highest BCUT2D eigenvalue weighted by Crippen LogP contribution is 2.13. The number of carbonyl (C=O) groups excluding carboxylic acids is 2. The standard InChI is InChI=1S/C25H34N4O6/c1-4-35-17-6-15-27(24(30)13-10-21-8-11-22(12-9-21)29(32)33)20-25(31)28(16-18-34-3)19-23-7-5-14-26(23)2/h5,7-14H,4,6,15-20H2,1-3H3/b13-10+. The van der Waals surface area contributed by atoms with Gasteiger partial charge in [0.1, 0.15) is 6.54 Å². The van der Waals surface area contributed by atoms with E-state index in [-0.39, 0.29) is 24.0 Å². The van der Waals surface area contributed by atoms with Crippen LogP contribution in [0.2, 0.25) is 0 Å². The summed E-state index contributed by atoms with van der Waals surface area (Å²) in [4.78, 5) is 39.7. The van der Waals surface area contributed by atoms with E-state index in [1.807, 2.05) is 36.9 Å². The molecule has 10 nitrogen and oxygen atoms in total. The van der Waals surface area contributed by atoms with Gasteiger partial charge in [0.25, 0.3) is 5.69 Å². The first-order valence-corrected chi connectivity index (χ1v) is 11.5. The van der Waals surface area contributed by atoms with Crippen LogP contribution in [0.15, 0.2) is 48.7 Å². The number of aromatic nitrogens is 1. The fraction of sp³-hybridized carbons (Fsp3) is 0.440. The number of non-ortho nitro benzene ring substituents is 1. The van der Waals surface area contributed by atoms with Gasteiger partial charge in [-0.2, -0.15) is 0 Å². The summed E-state index contributed by atoms with van der Waals surface area (Å²) in [6.45, 7) is 4.43. The summed E-state index contributed by atoms with van der Waals surface area (Å²) in [6.07, 6.45) is 5.47. The number of methoxy groups -OCH3 is 1. The molecule has 2 rings (SSSR count). The zero-order valence-corrected chi connectivity index (χ0v) is 20.6. The molecule has 0 unspecified atom stereocenters. The highest BCUT2D eigenvalue weighted by Gasteiger charge is 2.21. The molecule has 0 atom stereocenters. The summed E-state index contributed by atoms with van der Waals surface area (Å²) in [6, 6.07) is 9.76. The third-order valence-corrected chi connectivity index (χ3v) is 5.40. The predicted molar refractivity (Wildman–Crippen MR) is 133 cm³/mol. The molecule has 2 aromatic rings. The monoisotopic (exact) mass is 486 g/mol. The van der Waals surface area contributed by atoms with Crippen LogP contribution in [-0.4, -0.2) is 77.7 Å². The summed E-state index contributed by atoms with van der Waals surface area (Å²) >= 11 is 0. The van der Waals surface area contributed by atoms with Gasteiger partial charge < -0.3 is 23.8 Å². The Morgan fingerprint density at radius 2 is 1.86 bits per heavy atom. The van der Waals surface area contributed by atoms with E-state index in [0.717, 1.165) is 5.69 Å². The van der Waals surface area contributed by atoms with Crippen LogP contribution in [0.25, 0.3) is 6.08 Å². The van der Waals surface area contributed by atoms with E-state index in [1.54, 1.807) is 30.2 Å². The fourth-order valence-corrected chi connectivity index (χ4v) is 3.36. The number of nitrogens with zero attached hydrogens (tertiary/aromatic N) is 4. The van der Waals surface area contributed by atoms with Crippen molar-refractivity contribution in [2.45, 2.75) is 19.9 Å². The number of hydrogen-bond acceptors (Lipinski definition) is 6. The molecule has 190 valence electrons. The van der Waals surface area contributed by atoms with Crippen molar-refractivity contribution in [2.75, 3.05) is 46.6 Å². The number of hydrogen-bond donors (Lipinski definition) is 0. The molecule has 0 spiro atoms. The van der Waals surface area contributed by atoms with Crippen molar-refractivity contribution in [3.8, 4) is 0 Å². The Morgan fingerprint density at radius 3 is 2.46 bits per heavy atom. The number of nitro groups is 1. The summed E-state index contributed by atoms with van der Waals surface area (Å²) < 4.78 is 12.5. The highest BCUT2D eigenvalue weighted by molar-refractivity contribution is 5.94. The summed E-state index contributed by atoms with van der Waals surface area (Å²) in [5, 5.41) is 10.8. The van der Waals surface area contributed by atoms with E-state index >= 15 is 0 Å². The first-order chi connectivity index (χ1) is 16.8. The van der Waals surface area contributed by atoms with Gasteiger partial charge in [0.2, 0.25) is 11.8 Å². The van der Waals surface area contributed by atoms with Crippen LogP contribution in [0.3, 0.4) is 0 Å². The molecule has 0 fully saturated rings. The number of amides is 2. The molecule has 0 aliphatic carbocycles. The van der Waals surface area contributed by atoms with E-state index in [1.165, 1.54) is 23.1 Å². The van der Waals surface area contributed by atoms with Crippen LogP contribution in [-0.2, 0) is 32.7 Å². The van der Waals surface area contributed by atoms with Crippen molar-refractivity contribution in [1.82, 2.24) is 14.4 Å². The van der Waals surface area contributed by atoms with Gasteiger partial charge in [-0.3, -0.25) is 19.7 Å². The second kappa shape index (κ2) is 14.7. The van der Waals surface area contributed by atoms with E-state index < -0.39 is 4.92 Å². The van der Waals surface area contributed by atoms with Crippen molar-refractivity contribution in [3.05, 3.63) is 70.0 Å². The van der Waals surface area contributed by atoms with Gasteiger partial charge in [-0.1, -0.05) is 0 Å². The first-order valence-electron chi connectivity index (χ1n) is 11.5. The Hall–Kier alpha value is -3.50. The minimum absolute atomic E-state index is 0.0222. The van der Waals surface area contributed by atoms with Crippen LogP contribution >= 0.6 is 0 Å². The quantitative estimate of drug-likeness (QED) is 0.166. The van der Waals surface area contributed by atoms with E-state index in [0.29, 0.717) is 51.4 Å². The van der Waals surface area contributed by atoms with E-state index in [9.17, 15) is 19.7 Å². The van der Waals surface area contributed by atoms with Gasteiger partial charge in [0, 0.05) is 70.6 Å². The van der Waals surface area contributed by atoms with Crippen molar-refractivity contribution in [1.29, 1.82) is 0 Å². The van der Waals surface area contributed by atoms with Gasteiger partial charge in [-0.05, 0) is 49.2 Å². The first kappa shape index (κ1) is 27.7. The highest BCUT2D eigenvalue weighted by atomic mass is 16.6. The van der Waals surface area contributed by atoms with Gasteiger partial charge in [0.15, 0.2) is 0 Å². The number of rotatable bonds is 15. The Morgan fingerprint density at radius 1 is 1.11 bits per heavy atom. The molecule has 0 aliphatic heterocycles. The van der Waals surface area contributed by atoms with Gasteiger partial charge >= 0.3 is 0 Å². The lowest BCUT2D eigenvalue weighted by molar-refractivity contribution is -0.384. The molecule has 35 heavy (non-hydrogen) atoms. The molecule has 0 bridgehead atoms. The minimum atomic E-state index is -0.477. The Bertz CT molecular complexity index is 986. The van der Waals surface area contributed by atoms with Crippen LogP contribution < -0.4 is 0 Å². The normalized spacial score (nSPS) is 11.1. The van der Waals surface area contributed by atoms with E-state index in [2.05, 4.69) is 0 Å². The molecule has 0 N–H and O–H groups in total. The Labute approximate surface area is 205 Å².